The molecule has 5 heteroatoms. The van der Waals surface area contributed by atoms with E-state index in [0.29, 0.717) is 5.56 Å². The molecule has 0 spiro atoms. The van der Waals surface area contributed by atoms with Crippen molar-refractivity contribution >= 4 is 16.9 Å². The summed E-state index contributed by atoms with van der Waals surface area (Å²) < 4.78 is 5.34. The molecule has 0 aliphatic carbocycles. The second-order valence-electron chi connectivity index (χ2n) is 5.07. The summed E-state index contributed by atoms with van der Waals surface area (Å²) in [5.74, 6) is 0.634. The Labute approximate surface area is 128 Å². The van der Waals surface area contributed by atoms with E-state index in [-0.39, 0.29) is 11.9 Å². The number of hydrogen-bond donors (Lipinski definition) is 2. The first-order chi connectivity index (χ1) is 10.7. The summed E-state index contributed by atoms with van der Waals surface area (Å²) in [4.78, 5) is 19.6. The molecule has 0 saturated carbocycles. The maximum absolute atomic E-state index is 12.4. The number of H-pyrrole nitrogens is 1. The predicted molar refractivity (Wildman–Crippen MR) is 85.0 cm³/mol. The van der Waals surface area contributed by atoms with Crippen molar-refractivity contribution in [2.45, 2.75) is 13.0 Å². The van der Waals surface area contributed by atoms with Gasteiger partial charge >= 0.3 is 0 Å². The van der Waals surface area contributed by atoms with Crippen LogP contribution in [-0.2, 0) is 0 Å². The number of aromatic amines is 1. The zero-order chi connectivity index (χ0) is 15.5. The molecule has 22 heavy (non-hydrogen) atoms. The van der Waals surface area contributed by atoms with Crippen LogP contribution < -0.4 is 10.1 Å². The van der Waals surface area contributed by atoms with E-state index >= 15 is 0 Å². The molecule has 2 N–H and O–H groups in total. The Bertz CT molecular complexity index is 810. The van der Waals surface area contributed by atoms with Crippen LogP contribution in [-0.4, -0.2) is 23.0 Å². The lowest BCUT2D eigenvalue weighted by molar-refractivity contribution is 0.0939. The van der Waals surface area contributed by atoms with Crippen molar-refractivity contribution in [3.63, 3.8) is 0 Å². The van der Waals surface area contributed by atoms with Crippen LogP contribution in [0.25, 0.3) is 11.0 Å². The number of fused-ring (bicyclic) bond motifs is 1. The first-order valence-corrected chi connectivity index (χ1v) is 7.06. The second kappa shape index (κ2) is 5.89. The second-order valence-corrected chi connectivity index (χ2v) is 5.07. The minimum atomic E-state index is -0.152. The van der Waals surface area contributed by atoms with Crippen molar-refractivity contribution in [3.05, 3.63) is 59.9 Å². The van der Waals surface area contributed by atoms with E-state index in [2.05, 4.69) is 15.3 Å². The molecule has 112 valence electrons. The molecule has 3 aromatic rings. The lowest BCUT2D eigenvalue weighted by atomic mass is 10.1. The molecule has 0 radical (unpaired) electrons. The zero-order valence-electron chi connectivity index (χ0n) is 12.5. The normalized spacial score (nSPS) is 12.1. The van der Waals surface area contributed by atoms with Crippen LogP contribution in [0.4, 0.5) is 0 Å². The van der Waals surface area contributed by atoms with Crippen molar-refractivity contribution in [1.29, 1.82) is 0 Å². The monoisotopic (exact) mass is 295 g/mol. The minimum absolute atomic E-state index is 0.130. The van der Waals surface area contributed by atoms with Gasteiger partial charge in [-0.3, -0.25) is 4.79 Å². The minimum Gasteiger partial charge on any atom is -0.496 e. The summed E-state index contributed by atoms with van der Waals surface area (Å²) in [5.41, 5.74) is 3.23. The van der Waals surface area contributed by atoms with E-state index in [9.17, 15) is 4.79 Å². The highest BCUT2D eigenvalue weighted by Crippen LogP contribution is 2.24. The summed E-state index contributed by atoms with van der Waals surface area (Å²) in [6, 6.07) is 12.9. The summed E-state index contributed by atoms with van der Waals surface area (Å²) in [6.45, 7) is 1.94. The highest BCUT2D eigenvalue weighted by Gasteiger charge is 2.15. The molecule has 0 aliphatic rings. The maximum Gasteiger partial charge on any atom is 0.251 e. The average molecular weight is 295 g/mol. The molecular formula is C17H17N3O2. The fourth-order valence-electron chi connectivity index (χ4n) is 2.46. The topological polar surface area (TPSA) is 67.0 Å². The molecular weight excluding hydrogens is 278 g/mol. The Morgan fingerprint density at radius 1 is 1.27 bits per heavy atom. The van der Waals surface area contributed by atoms with Crippen molar-refractivity contribution < 1.29 is 9.53 Å². The number of nitrogens with zero attached hydrogens (tertiary/aromatic N) is 1. The van der Waals surface area contributed by atoms with Gasteiger partial charge in [0.25, 0.3) is 5.91 Å². The zero-order valence-corrected chi connectivity index (χ0v) is 12.5. The molecule has 5 nitrogen and oxygen atoms in total. The van der Waals surface area contributed by atoms with E-state index < -0.39 is 0 Å². The van der Waals surface area contributed by atoms with Crippen molar-refractivity contribution in [2.75, 3.05) is 7.11 Å². The first-order valence-electron chi connectivity index (χ1n) is 7.06. The van der Waals surface area contributed by atoms with Crippen LogP contribution in [0, 0.1) is 0 Å². The standard InChI is InChI=1S/C17H17N3O2/c1-11(13-5-3-4-6-16(13)22-2)20-17(21)12-7-8-14-15(9-12)19-10-18-14/h3-11H,1-2H3,(H,18,19)(H,20,21)/t11-/m1/s1. The predicted octanol–water partition coefficient (Wildman–Crippen LogP) is 3.06. The molecule has 1 amide bonds. The molecule has 0 fully saturated rings. The third-order valence-corrected chi connectivity index (χ3v) is 3.64. The number of rotatable bonds is 4. The highest BCUT2D eigenvalue weighted by atomic mass is 16.5. The highest BCUT2D eigenvalue weighted by molar-refractivity contribution is 5.97. The van der Waals surface area contributed by atoms with Gasteiger partial charge in [-0.05, 0) is 31.2 Å². The van der Waals surface area contributed by atoms with Crippen molar-refractivity contribution in [1.82, 2.24) is 15.3 Å². The number of para-hydroxylation sites is 1. The summed E-state index contributed by atoms with van der Waals surface area (Å²) in [7, 11) is 1.62. The molecule has 0 unspecified atom stereocenters. The molecule has 1 aromatic heterocycles. The van der Waals surface area contributed by atoms with Crippen LogP contribution >= 0.6 is 0 Å². The average Bonchev–Trinajstić information content (AvgIpc) is 3.02. The lowest BCUT2D eigenvalue weighted by Gasteiger charge is -2.17. The number of amides is 1. The number of hydrogen-bond acceptors (Lipinski definition) is 3. The smallest absolute Gasteiger partial charge is 0.251 e. The molecule has 1 heterocycles. The number of aromatic nitrogens is 2. The summed E-state index contributed by atoms with van der Waals surface area (Å²) in [5, 5.41) is 2.99. The first kappa shape index (κ1) is 14.1. The van der Waals surface area contributed by atoms with E-state index in [0.717, 1.165) is 22.3 Å². The van der Waals surface area contributed by atoms with Crippen LogP contribution in [0.5, 0.6) is 5.75 Å². The third kappa shape index (κ3) is 2.65. The van der Waals surface area contributed by atoms with Gasteiger partial charge in [-0.2, -0.15) is 0 Å². The lowest BCUT2D eigenvalue weighted by Crippen LogP contribution is -2.26. The maximum atomic E-state index is 12.4. The fraction of sp³-hybridized carbons (Fsp3) is 0.176. The van der Waals surface area contributed by atoms with Gasteiger partial charge in [-0.15, -0.1) is 0 Å². The van der Waals surface area contributed by atoms with Crippen molar-refractivity contribution in [2.24, 2.45) is 0 Å². The molecule has 3 rings (SSSR count). The third-order valence-electron chi connectivity index (χ3n) is 3.64. The SMILES string of the molecule is COc1ccccc1[C@@H](C)NC(=O)c1ccc2nc[nH]c2c1. The summed E-state index contributed by atoms with van der Waals surface area (Å²) >= 11 is 0. The number of benzene rings is 2. The fourth-order valence-corrected chi connectivity index (χ4v) is 2.46. The van der Waals surface area contributed by atoms with Gasteiger partial charge in [0.2, 0.25) is 0 Å². The Morgan fingerprint density at radius 2 is 2.09 bits per heavy atom. The molecule has 0 aliphatic heterocycles. The largest absolute Gasteiger partial charge is 0.496 e. The van der Waals surface area contributed by atoms with Crippen LogP contribution in [0.1, 0.15) is 28.9 Å². The number of carbonyl (C=O) groups excluding carboxylic acids is 1. The molecule has 1 atom stereocenters. The van der Waals surface area contributed by atoms with E-state index in [1.54, 1.807) is 25.6 Å². The Balaban J connectivity index is 1.80. The number of methoxy groups -OCH3 is 1. The Morgan fingerprint density at radius 3 is 2.91 bits per heavy atom. The van der Waals surface area contributed by atoms with Gasteiger partial charge in [0.15, 0.2) is 0 Å². The molecule has 0 saturated heterocycles. The summed E-state index contributed by atoms with van der Waals surface area (Å²) in [6.07, 6.45) is 1.61. The van der Waals surface area contributed by atoms with Crippen LogP contribution in [0.2, 0.25) is 0 Å². The van der Waals surface area contributed by atoms with Gasteiger partial charge in [0.1, 0.15) is 5.75 Å². The Hall–Kier alpha value is -2.82. The van der Waals surface area contributed by atoms with Crippen LogP contribution in [0.15, 0.2) is 48.8 Å². The van der Waals surface area contributed by atoms with E-state index in [1.165, 1.54) is 0 Å². The molecule has 2 aromatic carbocycles. The molecule has 0 bridgehead atoms. The van der Waals surface area contributed by atoms with Crippen molar-refractivity contribution in [3.8, 4) is 5.75 Å². The number of imidazole rings is 1. The van der Waals surface area contributed by atoms with Crippen LogP contribution in [0.3, 0.4) is 0 Å². The number of ether oxygens (including phenoxy) is 1. The van der Waals surface area contributed by atoms with Gasteiger partial charge in [-0.1, -0.05) is 18.2 Å². The number of nitrogens with one attached hydrogen (secondary N) is 2. The quantitative estimate of drug-likeness (QED) is 0.777. The van der Waals surface area contributed by atoms with E-state index in [4.69, 9.17) is 4.74 Å². The Kier molecular flexibility index (Phi) is 3.78. The van der Waals surface area contributed by atoms with Gasteiger partial charge < -0.3 is 15.0 Å². The number of carbonyl (C=O) groups is 1. The van der Waals surface area contributed by atoms with Gasteiger partial charge in [-0.25, -0.2) is 4.98 Å². The van der Waals surface area contributed by atoms with Gasteiger partial charge in [0.05, 0.1) is 30.5 Å². The van der Waals surface area contributed by atoms with Gasteiger partial charge in [0, 0.05) is 11.1 Å². The van der Waals surface area contributed by atoms with E-state index in [1.807, 2.05) is 37.3 Å².